The number of benzene rings is 1. The molecule has 0 aliphatic rings. The van der Waals surface area contributed by atoms with E-state index in [1.165, 1.54) is 49.9 Å². The number of imidazole rings is 1. The van der Waals surface area contributed by atoms with E-state index in [-0.39, 0.29) is 34.5 Å². The van der Waals surface area contributed by atoms with Crippen LogP contribution in [0.1, 0.15) is 33.1 Å². The Morgan fingerprint density at radius 3 is 2.71 bits per heavy atom. The topological polar surface area (TPSA) is 117 Å². The number of methoxy groups -OCH3 is 1. The lowest BCUT2D eigenvalue weighted by atomic mass is 10.0. The molecule has 0 unspecified atom stereocenters. The van der Waals surface area contributed by atoms with Gasteiger partial charge in [-0.1, -0.05) is 18.2 Å². The third kappa shape index (κ3) is 5.13. The molecule has 160 valence electrons. The molecule has 8 nitrogen and oxygen atoms in total. The minimum absolute atomic E-state index is 0.138. The maximum Gasteiger partial charge on any atom is 0.417 e. The molecule has 31 heavy (non-hydrogen) atoms. The minimum Gasteiger partial charge on any atom is -0.481 e. The Kier molecular flexibility index (Phi) is 6.14. The summed E-state index contributed by atoms with van der Waals surface area (Å²) < 4.78 is 44.4. The Bertz CT molecular complexity index is 1150. The summed E-state index contributed by atoms with van der Waals surface area (Å²) in [4.78, 5) is 27.2. The number of aromatic amines is 1. The molecule has 0 atom stereocenters. The van der Waals surface area contributed by atoms with Crippen LogP contribution in [0.2, 0.25) is 0 Å². The van der Waals surface area contributed by atoms with Gasteiger partial charge in [-0.15, -0.1) is 0 Å². The molecule has 3 rings (SSSR count). The van der Waals surface area contributed by atoms with E-state index in [0.717, 1.165) is 6.07 Å². The Labute approximate surface area is 174 Å². The van der Waals surface area contributed by atoms with Gasteiger partial charge in [0.1, 0.15) is 23.7 Å². The average molecular weight is 430 g/mol. The highest BCUT2D eigenvalue weighted by molar-refractivity contribution is 6.09. The van der Waals surface area contributed by atoms with Gasteiger partial charge in [0, 0.05) is 11.6 Å². The Hall–Kier alpha value is -4.02. The number of allylic oxidation sites excluding steroid dienone is 1. The fourth-order valence-corrected chi connectivity index (χ4v) is 2.70. The van der Waals surface area contributed by atoms with Crippen molar-refractivity contribution >= 4 is 23.5 Å². The normalized spacial score (nSPS) is 11.5. The number of hydrogen-bond donors (Lipinski definition) is 3. The summed E-state index contributed by atoms with van der Waals surface area (Å²) in [6, 6.07) is 6.26. The summed E-state index contributed by atoms with van der Waals surface area (Å²) in [5.74, 6) is 0.168. The fourth-order valence-electron chi connectivity index (χ4n) is 2.70. The lowest BCUT2D eigenvalue weighted by Gasteiger charge is -2.11. The largest absolute Gasteiger partial charge is 0.481 e. The molecular weight excluding hydrogens is 413 g/mol. The molecule has 11 heteroatoms. The SMILES string of the molecule is COc1cc(NC(=O)c2[nH]c(/C=C\C(=N)c3ccccc3C(F)(F)F)nc2C)ncn1. The smallest absolute Gasteiger partial charge is 0.417 e. The van der Waals surface area contributed by atoms with Crippen molar-refractivity contribution in [2.24, 2.45) is 0 Å². The average Bonchev–Trinajstić information content (AvgIpc) is 3.12. The highest BCUT2D eigenvalue weighted by atomic mass is 19.4. The molecule has 0 bridgehead atoms. The zero-order chi connectivity index (χ0) is 22.6. The van der Waals surface area contributed by atoms with Crippen molar-refractivity contribution in [3.8, 4) is 5.88 Å². The molecule has 0 aliphatic heterocycles. The second-order valence-electron chi connectivity index (χ2n) is 6.27. The summed E-state index contributed by atoms with van der Waals surface area (Å²) >= 11 is 0. The monoisotopic (exact) mass is 430 g/mol. The minimum atomic E-state index is -4.58. The van der Waals surface area contributed by atoms with Crippen molar-refractivity contribution in [3.63, 3.8) is 0 Å². The van der Waals surface area contributed by atoms with Crippen molar-refractivity contribution in [1.29, 1.82) is 5.41 Å². The summed E-state index contributed by atoms with van der Waals surface area (Å²) in [5, 5.41) is 10.6. The number of halogens is 3. The second-order valence-corrected chi connectivity index (χ2v) is 6.27. The molecule has 0 saturated heterocycles. The third-order valence-electron chi connectivity index (χ3n) is 4.15. The molecule has 0 radical (unpaired) electrons. The molecule has 2 aromatic heterocycles. The molecule has 0 spiro atoms. The third-order valence-corrected chi connectivity index (χ3v) is 4.15. The molecule has 0 fully saturated rings. The maximum atomic E-state index is 13.1. The molecule has 1 aromatic carbocycles. The van der Waals surface area contributed by atoms with Crippen LogP contribution < -0.4 is 10.1 Å². The predicted octanol–water partition coefficient (Wildman–Crippen LogP) is 3.87. The summed E-state index contributed by atoms with van der Waals surface area (Å²) in [6.07, 6.45) is -0.841. The van der Waals surface area contributed by atoms with Crippen molar-refractivity contribution in [2.75, 3.05) is 12.4 Å². The number of alkyl halides is 3. The highest BCUT2D eigenvalue weighted by Crippen LogP contribution is 2.32. The zero-order valence-electron chi connectivity index (χ0n) is 16.4. The number of rotatable bonds is 6. The standard InChI is InChI=1S/C20H17F3N6O2/c1-11-18(19(30)29-16-9-17(31-2)26-10-25-16)28-15(27-11)8-7-14(24)12-5-3-4-6-13(12)20(21,22)23/h3-10,24H,1-2H3,(H,27,28)(H,25,26,29,30)/b8-7-,24-14?. The zero-order valence-corrected chi connectivity index (χ0v) is 16.4. The van der Waals surface area contributed by atoms with Gasteiger partial charge in [0.2, 0.25) is 5.88 Å². The van der Waals surface area contributed by atoms with Crippen LogP contribution in [0.5, 0.6) is 5.88 Å². The van der Waals surface area contributed by atoms with Crippen LogP contribution in [0.15, 0.2) is 42.7 Å². The van der Waals surface area contributed by atoms with Crippen LogP contribution in [0.4, 0.5) is 19.0 Å². The van der Waals surface area contributed by atoms with Crippen LogP contribution in [-0.2, 0) is 6.18 Å². The van der Waals surface area contributed by atoms with Gasteiger partial charge in [-0.2, -0.15) is 13.2 Å². The van der Waals surface area contributed by atoms with E-state index in [2.05, 4.69) is 25.3 Å². The molecule has 3 aromatic rings. The first-order valence-corrected chi connectivity index (χ1v) is 8.86. The predicted molar refractivity (Wildman–Crippen MR) is 107 cm³/mol. The van der Waals surface area contributed by atoms with E-state index in [4.69, 9.17) is 10.1 Å². The Balaban J connectivity index is 1.77. The molecule has 0 saturated carbocycles. The fraction of sp³-hybridized carbons (Fsp3) is 0.150. The number of H-pyrrole nitrogens is 1. The number of nitrogens with zero attached hydrogens (tertiary/aromatic N) is 3. The van der Waals surface area contributed by atoms with Gasteiger partial charge >= 0.3 is 6.18 Å². The van der Waals surface area contributed by atoms with Gasteiger partial charge in [0.05, 0.1) is 24.1 Å². The van der Waals surface area contributed by atoms with Crippen molar-refractivity contribution in [2.45, 2.75) is 13.1 Å². The summed E-state index contributed by atoms with van der Waals surface area (Å²) in [6.45, 7) is 1.59. The molecule has 1 amide bonds. The number of amides is 1. The Morgan fingerprint density at radius 1 is 1.26 bits per heavy atom. The van der Waals surface area contributed by atoms with E-state index >= 15 is 0 Å². The van der Waals surface area contributed by atoms with E-state index in [9.17, 15) is 18.0 Å². The summed E-state index contributed by atoms with van der Waals surface area (Å²) in [7, 11) is 1.43. The molecule has 2 heterocycles. The molecule has 0 aliphatic carbocycles. The Morgan fingerprint density at radius 2 is 2.00 bits per heavy atom. The van der Waals surface area contributed by atoms with Gasteiger partial charge in [-0.25, -0.2) is 15.0 Å². The number of carbonyl (C=O) groups excluding carboxylic acids is 1. The van der Waals surface area contributed by atoms with Crippen LogP contribution in [0.3, 0.4) is 0 Å². The van der Waals surface area contributed by atoms with E-state index in [1.54, 1.807) is 6.92 Å². The van der Waals surface area contributed by atoms with Crippen molar-refractivity contribution in [1.82, 2.24) is 19.9 Å². The second kappa shape index (κ2) is 8.78. The maximum absolute atomic E-state index is 13.1. The van der Waals surface area contributed by atoms with Crippen LogP contribution >= 0.6 is 0 Å². The van der Waals surface area contributed by atoms with Gasteiger partial charge in [-0.3, -0.25) is 4.79 Å². The van der Waals surface area contributed by atoms with E-state index in [1.807, 2.05) is 0 Å². The molecular formula is C20H17F3N6O2. The number of aryl methyl sites for hydroxylation is 1. The van der Waals surface area contributed by atoms with Gasteiger partial charge in [0.25, 0.3) is 5.91 Å². The lowest BCUT2D eigenvalue weighted by molar-refractivity contribution is -0.137. The van der Waals surface area contributed by atoms with Crippen molar-refractivity contribution < 1.29 is 22.7 Å². The summed E-state index contributed by atoms with van der Waals surface area (Å²) in [5.41, 5.74) is -1.01. The van der Waals surface area contributed by atoms with Crippen LogP contribution in [0, 0.1) is 12.3 Å². The number of anilines is 1. The van der Waals surface area contributed by atoms with Crippen molar-refractivity contribution in [3.05, 3.63) is 71.1 Å². The first-order chi connectivity index (χ1) is 14.7. The van der Waals surface area contributed by atoms with Crippen LogP contribution in [-0.4, -0.2) is 38.7 Å². The van der Waals surface area contributed by atoms with E-state index in [0.29, 0.717) is 5.69 Å². The first-order valence-electron chi connectivity index (χ1n) is 8.86. The number of hydrogen-bond acceptors (Lipinski definition) is 6. The lowest BCUT2D eigenvalue weighted by Crippen LogP contribution is -2.14. The van der Waals surface area contributed by atoms with E-state index < -0.39 is 17.6 Å². The van der Waals surface area contributed by atoms with Crippen LogP contribution in [0.25, 0.3) is 6.08 Å². The highest BCUT2D eigenvalue weighted by Gasteiger charge is 2.33. The number of nitrogens with one attached hydrogen (secondary N) is 3. The quantitative estimate of drug-likeness (QED) is 0.514. The van der Waals surface area contributed by atoms with Gasteiger partial charge in [-0.05, 0) is 25.1 Å². The number of ether oxygens (including phenoxy) is 1. The molecule has 3 N–H and O–H groups in total. The van der Waals surface area contributed by atoms with Gasteiger partial charge in [0.15, 0.2) is 0 Å². The number of carbonyl (C=O) groups is 1. The number of aromatic nitrogens is 4. The first kappa shape index (κ1) is 21.7. The van der Waals surface area contributed by atoms with Gasteiger partial charge < -0.3 is 20.4 Å².